The molecule has 0 saturated carbocycles. The van der Waals surface area contributed by atoms with Crippen molar-refractivity contribution in [2.45, 2.75) is 31.2 Å². The van der Waals surface area contributed by atoms with Crippen LogP contribution >= 0.6 is 0 Å². The van der Waals surface area contributed by atoms with E-state index in [1.165, 1.54) is 24.3 Å². The molecule has 0 bridgehead atoms. The molecule has 0 radical (unpaired) electrons. The number of guanidine groups is 1. The van der Waals surface area contributed by atoms with Crippen molar-refractivity contribution in [1.29, 1.82) is 0 Å². The SMILES string of the molecule is CCCc1cc(-c2ccccc2)cc(-c2ccccc2)[n+]1CC(=O)Nc1ccc(S(=O)(=O)N=C(N)N)cc1.[O-][Cl+3]([O-])([O-])[O-]. The van der Waals surface area contributed by atoms with Gasteiger partial charge in [-0.1, -0.05) is 55.5 Å². The number of pyridine rings is 1. The third-order valence-electron chi connectivity index (χ3n) is 5.90. The van der Waals surface area contributed by atoms with Gasteiger partial charge in [-0.15, -0.1) is 14.6 Å². The summed E-state index contributed by atoms with van der Waals surface area (Å²) in [6.07, 6.45) is 1.71. The number of carbonyl (C=O) groups is 1. The molecule has 3 aromatic carbocycles. The Kier molecular flexibility index (Phi) is 11.3. The topological polar surface area (TPSA) is 224 Å². The molecule has 14 heteroatoms. The van der Waals surface area contributed by atoms with Crippen LogP contribution in [0.5, 0.6) is 0 Å². The molecular formula is C29H30ClN5O7S. The van der Waals surface area contributed by atoms with Gasteiger partial charge >= 0.3 is 0 Å². The summed E-state index contributed by atoms with van der Waals surface area (Å²) in [5.74, 6) is -0.786. The molecule has 0 unspecified atom stereocenters. The Morgan fingerprint density at radius 2 is 1.37 bits per heavy atom. The van der Waals surface area contributed by atoms with Crippen LogP contribution in [0.15, 0.2) is 106 Å². The van der Waals surface area contributed by atoms with E-state index >= 15 is 0 Å². The van der Waals surface area contributed by atoms with Crippen LogP contribution in [0.2, 0.25) is 0 Å². The van der Waals surface area contributed by atoms with Crippen LogP contribution in [-0.2, 0) is 27.8 Å². The van der Waals surface area contributed by atoms with Crippen molar-refractivity contribution >= 4 is 27.6 Å². The first kappa shape index (κ1) is 33.1. The molecule has 1 amide bonds. The highest BCUT2D eigenvalue weighted by atomic mass is 35.7. The Morgan fingerprint density at radius 3 is 1.88 bits per heavy atom. The fraction of sp³-hybridized carbons (Fsp3) is 0.138. The first-order chi connectivity index (χ1) is 20.3. The normalized spacial score (nSPS) is 11.2. The predicted octanol–water partition coefficient (Wildman–Crippen LogP) is -0.895. The predicted molar refractivity (Wildman–Crippen MR) is 150 cm³/mol. The maximum atomic E-state index is 13.2. The van der Waals surface area contributed by atoms with Crippen molar-refractivity contribution in [2.24, 2.45) is 15.9 Å². The molecule has 0 atom stereocenters. The van der Waals surface area contributed by atoms with Crippen molar-refractivity contribution in [2.75, 3.05) is 5.32 Å². The first-order valence-electron chi connectivity index (χ1n) is 12.8. The highest BCUT2D eigenvalue weighted by Crippen LogP contribution is 2.26. The molecule has 0 spiro atoms. The van der Waals surface area contributed by atoms with Crippen molar-refractivity contribution in [3.05, 3.63) is 103 Å². The largest absolute Gasteiger partial charge is 0.369 e. The Labute approximate surface area is 251 Å². The minimum atomic E-state index is -4.94. The number of rotatable bonds is 9. The van der Waals surface area contributed by atoms with Gasteiger partial charge in [0.05, 0.1) is 4.90 Å². The lowest BCUT2D eigenvalue weighted by atomic mass is 10.00. The van der Waals surface area contributed by atoms with E-state index in [4.69, 9.17) is 30.1 Å². The van der Waals surface area contributed by atoms with Crippen LogP contribution < -0.4 is 40.0 Å². The van der Waals surface area contributed by atoms with Gasteiger partial charge in [0, 0.05) is 29.8 Å². The fourth-order valence-electron chi connectivity index (χ4n) is 4.22. The Bertz CT molecular complexity index is 1650. The van der Waals surface area contributed by atoms with E-state index in [2.05, 4.69) is 40.9 Å². The number of hydrogen-bond donors (Lipinski definition) is 3. The molecule has 0 saturated heterocycles. The molecule has 43 heavy (non-hydrogen) atoms. The van der Waals surface area contributed by atoms with E-state index in [1.807, 2.05) is 53.1 Å². The van der Waals surface area contributed by atoms with Gasteiger partial charge in [0.25, 0.3) is 15.9 Å². The molecule has 12 nitrogen and oxygen atoms in total. The molecule has 0 fully saturated rings. The summed E-state index contributed by atoms with van der Waals surface area (Å²) in [7, 11) is -8.95. The van der Waals surface area contributed by atoms with Crippen LogP contribution in [0.25, 0.3) is 22.4 Å². The van der Waals surface area contributed by atoms with Crippen LogP contribution in [0, 0.1) is 10.2 Å². The van der Waals surface area contributed by atoms with Crippen molar-refractivity contribution < 1.29 is 46.7 Å². The van der Waals surface area contributed by atoms with Crippen LogP contribution in [0.4, 0.5) is 5.69 Å². The fourth-order valence-corrected chi connectivity index (χ4v) is 5.08. The Hall–Kier alpha value is -4.37. The molecule has 0 aliphatic rings. The van der Waals surface area contributed by atoms with Gasteiger partial charge in [0.1, 0.15) is 0 Å². The second kappa shape index (κ2) is 14.7. The zero-order valence-electron chi connectivity index (χ0n) is 23.1. The van der Waals surface area contributed by atoms with E-state index in [-0.39, 0.29) is 17.3 Å². The summed E-state index contributed by atoms with van der Waals surface area (Å²) in [5, 5.41) is 2.86. The molecule has 1 heterocycles. The molecule has 1 aromatic heterocycles. The third kappa shape index (κ3) is 10.4. The first-order valence-corrected chi connectivity index (χ1v) is 15.5. The van der Waals surface area contributed by atoms with Crippen molar-refractivity contribution in [1.82, 2.24) is 0 Å². The highest BCUT2D eigenvalue weighted by molar-refractivity contribution is 7.90. The number of sulfonamides is 1. The summed E-state index contributed by atoms with van der Waals surface area (Å²) in [4.78, 5) is 13.1. The number of hydrogen-bond acceptors (Lipinski definition) is 7. The Morgan fingerprint density at radius 1 is 0.837 bits per heavy atom. The smallest absolute Gasteiger partial charge is 0.290 e. The quantitative estimate of drug-likeness (QED) is 0.119. The molecule has 4 aromatic rings. The van der Waals surface area contributed by atoms with Gasteiger partial charge in [-0.25, -0.2) is 18.6 Å². The van der Waals surface area contributed by atoms with Crippen LogP contribution in [0.1, 0.15) is 19.0 Å². The Balaban J connectivity index is 0.000000934. The summed E-state index contributed by atoms with van der Waals surface area (Å²) >= 11 is 0. The molecule has 4 rings (SSSR count). The van der Waals surface area contributed by atoms with E-state index in [9.17, 15) is 13.2 Å². The molecule has 5 N–H and O–H groups in total. The average molecular weight is 628 g/mol. The van der Waals surface area contributed by atoms with Gasteiger partial charge in [0.2, 0.25) is 18.2 Å². The minimum absolute atomic E-state index is 0.0774. The van der Waals surface area contributed by atoms with Gasteiger partial charge in [0.15, 0.2) is 5.69 Å². The van der Waals surface area contributed by atoms with Crippen molar-refractivity contribution in [3.8, 4) is 22.4 Å². The maximum Gasteiger partial charge on any atom is 0.290 e. The number of carbonyl (C=O) groups excluding carboxylic acids is 1. The zero-order chi connectivity index (χ0) is 31.6. The number of nitrogens with zero attached hydrogens (tertiary/aromatic N) is 2. The maximum absolute atomic E-state index is 13.2. The summed E-state index contributed by atoms with van der Waals surface area (Å²) < 4.78 is 63.6. The number of nitrogens with one attached hydrogen (secondary N) is 1. The number of nitrogens with two attached hydrogens (primary N) is 2. The zero-order valence-corrected chi connectivity index (χ0v) is 24.6. The van der Waals surface area contributed by atoms with E-state index in [0.717, 1.165) is 40.9 Å². The lowest BCUT2D eigenvalue weighted by molar-refractivity contribution is -2.00. The number of benzene rings is 3. The van der Waals surface area contributed by atoms with Gasteiger partial charge < -0.3 is 16.8 Å². The third-order valence-corrected chi connectivity index (χ3v) is 7.22. The number of anilines is 1. The number of aromatic nitrogens is 1. The molecule has 0 aliphatic carbocycles. The van der Waals surface area contributed by atoms with Gasteiger partial charge in [-0.3, -0.25) is 4.79 Å². The number of amides is 1. The van der Waals surface area contributed by atoms with Crippen LogP contribution in [0.3, 0.4) is 0 Å². The van der Waals surface area contributed by atoms with E-state index in [1.54, 1.807) is 0 Å². The van der Waals surface area contributed by atoms with E-state index in [0.29, 0.717) is 5.69 Å². The minimum Gasteiger partial charge on any atom is -0.369 e. The number of halogens is 1. The van der Waals surface area contributed by atoms with E-state index < -0.39 is 26.2 Å². The lowest BCUT2D eigenvalue weighted by Crippen LogP contribution is -2.68. The monoisotopic (exact) mass is 627 g/mol. The van der Waals surface area contributed by atoms with Gasteiger partial charge in [-0.05, 0) is 53.9 Å². The second-order valence-corrected chi connectivity index (χ2v) is 11.5. The summed E-state index contributed by atoms with van der Waals surface area (Å²) in [6.45, 7) is 2.20. The molecule has 0 aliphatic heterocycles. The van der Waals surface area contributed by atoms with Crippen LogP contribution in [-0.4, -0.2) is 20.3 Å². The number of aryl methyl sites for hydroxylation is 1. The summed E-state index contributed by atoms with van der Waals surface area (Å²) in [6, 6.07) is 30.1. The molecule has 226 valence electrons. The second-order valence-electron chi connectivity index (χ2n) is 9.13. The highest BCUT2D eigenvalue weighted by Gasteiger charge is 2.24. The summed E-state index contributed by atoms with van der Waals surface area (Å²) in [5.41, 5.74) is 16.0. The van der Waals surface area contributed by atoms with Crippen molar-refractivity contribution in [3.63, 3.8) is 0 Å². The standard InChI is InChI=1S/C29H29N5O3S.ClHO4/c1-2-9-25-18-23(21-10-5-3-6-11-21)19-27(22-12-7-4-8-13-22)34(25)20-28(35)32-24-14-16-26(17-15-24)38(36,37)33-29(30)31;2-1(3,4)5/h3-8,10-19H,2,9,20H2,1H3,(H4-,30,31,32,33,35);(H,2,3,4,5). The average Bonchev–Trinajstić information content (AvgIpc) is 2.93. The molecular weight excluding hydrogens is 598 g/mol. The lowest BCUT2D eigenvalue weighted by Gasteiger charge is -2.17. The van der Waals surface area contributed by atoms with Gasteiger partial charge in [-0.2, -0.15) is 13.0 Å².